The Morgan fingerprint density at radius 3 is 2.80 bits per heavy atom. The summed E-state index contributed by atoms with van der Waals surface area (Å²) in [5, 5.41) is 3.23. The van der Waals surface area contributed by atoms with Gasteiger partial charge in [0.25, 0.3) is 0 Å². The van der Waals surface area contributed by atoms with Crippen LogP contribution in [-0.2, 0) is 9.84 Å². The minimum Gasteiger partial charge on any atom is -0.315 e. The van der Waals surface area contributed by atoms with Crippen molar-refractivity contribution in [1.29, 1.82) is 0 Å². The fourth-order valence-electron chi connectivity index (χ4n) is 1.72. The predicted molar refractivity (Wildman–Crippen MR) is 63.7 cm³/mol. The van der Waals surface area contributed by atoms with Crippen molar-refractivity contribution in [3.63, 3.8) is 0 Å². The van der Waals surface area contributed by atoms with Crippen molar-refractivity contribution >= 4 is 9.84 Å². The van der Waals surface area contributed by atoms with E-state index in [9.17, 15) is 8.42 Å². The monoisotopic (exact) mass is 231 g/mol. The molecule has 3 nitrogen and oxygen atoms in total. The van der Waals surface area contributed by atoms with Gasteiger partial charge in [0.15, 0.2) is 9.84 Å². The molecule has 1 unspecified atom stereocenters. The highest BCUT2D eigenvalue weighted by Gasteiger charge is 2.10. The van der Waals surface area contributed by atoms with E-state index in [0.717, 1.165) is 13.0 Å². The summed E-state index contributed by atoms with van der Waals surface area (Å²) in [7, 11) is -2.80. The van der Waals surface area contributed by atoms with Crippen LogP contribution in [-0.4, -0.2) is 33.0 Å². The molecule has 0 amide bonds. The summed E-state index contributed by atoms with van der Waals surface area (Å²) in [6.45, 7) is 3.24. The van der Waals surface area contributed by atoms with Crippen LogP contribution in [0.15, 0.2) is 12.2 Å². The third-order valence-corrected chi connectivity index (χ3v) is 4.55. The molecule has 0 aromatic carbocycles. The quantitative estimate of drug-likeness (QED) is 0.555. The van der Waals surface area contributed by atoms with Crippen molar-refractivity contribution in [1.82, 2.24) is 5.32 Å². The van der Waals surface area contributed by atoms with Crippen LogP contribution in [0.25, 0.3) is 0 Å². The molecule has 0 saturated carbocycles. The maximum absolute atomic E-state index is 11.2. The Bertz CT molecular complexity index is 296. The topological polar surface area (TPSA) is 46.2 Å². The van der Waals surface area contributed by atoms with Gasteiger partial charge in [-0.05, 0) is 31.7 Å². The van der Waals surface area contributed by atoms with Crippen molar-refractivity contribution in [3.05, 3.63) is 12.2 Å². The molecular weight excluding hydrogens is 210 g/mol. The number of hydrogen-bond acceptors (Lipinski definition) is 3. The van der Waals surface area contributed by atoms with Crippen LogP contribution in [0.1, 0.15) is 26.2 Å². The Balaban J connectivity index is 2.09. The minimum absolute atomic E-state index is 0.251. The Kier molecular flexibility index (Phi) is 5.32. The average Bonchev–Trinajstić information content (AvgIpc) is 2.26. The van der Waals surface area contributed by atoms with Gasteiger partial charge < -0.3 is 5.32 Å². The van der Waals surface area contributed by atoms with Crippen LogP contribution in [0.2, 0.25) is 0 Å². The van der Waals surface area contributed by atoms with Crippen molar-refractivity contribution in [3.8, 4) is 0 Å². The molecule has 0 aromatic rings. The van der Waals surface area contributed by atoms with Crippen LogP contribution < -0.4 is 5.32 Å². The molecule has 0 spiro atoms. The molecule has 0 aliphatic heterocycles. The van der Waals surface area contributed by atoms with Crippen molar-refractivity contribution < 1.29 is 8.42 Å². The number of nitrogens with one attached hydrogen (secondary N) is 1. The molecule has 0 radical (unpaired) electrons. The van der Waals surface area contributed by atoms with Crippen LogP contribution in [0, 0.1) is 5.92 Å². The molecule has 88 valence electrons. The predicted octanol–water partition coefficient (Wildman–Crippen LogP) is 1.37. The maximum Gasteiger partial charge on any atom is 0.151 e. The highest BCUT2D eigenvalue weighted by Crippen LogP contribution is 2.16. The second-order valence-corrected chi connectivity index (χ2v) is 6.56. The molecule has 1 aliphatic carbocycles. The van der Waals surface area contributed by atoms with Gasteiger partial charge in [0.2, 0.25) is 0 Å². The van der Waals surface area contributed by atoms with Gasteiger partial charge in [-0.3, -0.25) is 0 Å². The summed E-state index contributed by atoms with van der Waals surface area (Å²) in [4.78, 5) is 0. The molecule has 1 N–H and O–H groups in total. The maximum atomic E-state index is 11.2. The number of sulfone groups is 1. The van der Waals surface area contributed by atoms with Gasteiger partial charge in [0.05, 0.1) is 5.75 Å². The largest absolute Gasteiger partial charge is 0.315 e. The third-order valence-electron chi connectivity index (χ3n) is 2.84. The lowest BCUT2D eigenvalue weighted by atomic mass is 9.94. The van der Waals surface area contributed by atoms with E-state index in [2.05, 4.69) is 17.5 Å². The molecule has 15 heavy (non-hydrogen) atoms. The summed E-state index contributed by atoms with van der Waals surface area (Å²) in [5.74, 6) is 1.21. The van der Waals surface area contributed by atoms with E-state index in [1.165, 1.54) is 12.8 Å². The van der Waals surface area contributed by atoms with E-state index in [1.54, 1.807) is 6.92 Å². The molecule has 1 aliphatic rings. The molecule has 0 aromatic heterocycles. The standard InChI is InChI=1S/C11H21NO2S/c1-2-15(13,14)9-8-12-10-11-6-4-3-5-7-11/h3-4,11-12H,2,5-10H2,1H3. The van der Waals surface area contributed by atoms with Crippen molar-refractivity contribution in [2.75, 3.05) is 24.6 Å². The van der Waals surface area contributed by atoms with Gasteiger partial charge >= 0.3 is 0 Å². The van der Waals surface area contributed by atoms with Crippen molar-refractivity contribution in [2.24, 2.45) is 5.92 Å². The second kappa shape index (κ2) is 6.28. The van der Waals surface area contributed by atoms with Gasteiger partial charge in [0.1, 0.15) is 0 Å². The lowest BCUT2D eigenvalue weighted by Gasteiger charge is -2.17. The van der Waals surface area contributed by atoms with E-state index in [1.807, 2.05) is 0 Å². The van der Waals surface area contributed by atoms with Crippen LogP contribution in [0.5, 0.6) is 0 Å². The Labute approximate surface area is 92.9 Å². The first kappa shape index (κ1) is 12.7. The normalized spacial score (nSPS) is 21.8. The second-order valence-electron chi connectivity index (χ2n) is 4.09. The van der Waals surface area contributed by atoms with E-state index in [4.69, 9.17) is 0 Å². The zero-order valence-electron chi connectivity index (χ0n) is 9.41. The van der Waals surface area contributed by atoms with Gasteiger partial charge in [-0.2, -0.15) is 0 Å². The van der Waals surface area contributed by atoms with Crippen LogP contribution >= 0.6 is 0 Å². The lowest BCUT2D eigenvalue weighted by Crippen LogP contribution is -2.29. The molecule has 0 heterocycles. The molecule has 0 fully saturated rings. The number of allylic oxidation sites excluding steroid dienone is 2. The highest BCUT2D eigenvalue weighted by molar-refractivity contribution is 7.91. The number of hydrogen-bond donors (Lipinski definition) is 1. The third kappa shape index (κ3) is 5.33. The SMILES string of the molecule is CCS(=O)(=O)CCNCC1CC=CCC1. The van der Waals surface area contributed by atoms with E-state index < -0.39 is 9.84 Å². The van der Waals surface area contributed by atoms with Crippen molar-refractivity contribution in [2.45, 2.75) is 26.2 Å². The molecular formula is C11H21NO2S. The fourth-order valence-corrected chi connectivity index (χ4v) is 2.46. The van der Waals surface area contributed by atoms with E-state index in [-0.39, 0.29) is 11.5 Å². The van der Waals surface area contributed by atoms with Gasteiger partial charge in [-0.25, -0.2) is 8.42 Å². The Hall–Kier alpha value is -0.350. The summed E-state index contributed by atoms with van der Waals surface area (Å²) in [6.07, 6.45) is 7.97. The summed E-state index contributed by atoms with van der Waals surface area (Å²) in [6, 6.07) is 0. The first-order chi connectivity index (χ1) is 7.14. The molecule has 4 heteroatoms. The zero-order valence-corrected chi connectivity index (χ0v) is 10.2. The minimum atomic E-state index is -2.80. The highest BCUT2D eigenvalue weighted by atomic mass is 32.2. The van der Waals surface area contributed by atoms with E-state index >= 15 is 0 Å². The Morgan fingerprint density at radius 1 is 1.40 bits per heavy atom. The Morgan fingerprint density at radius 2 is 2.20 bits per heavy atom. The molecule has 1 atom stereocenters. The lowest BCUT2D eigenvalue weighted by molar-refractivity contribution is 0.446. The van der Waals surface area contributed by atoms with Gasteiger partial charge in [0, 0.05) is 12.3 Å². The summed E-state index contributed by atoms with van der Waals surface area (Å²) >= 11 is 0. The fraction of sp³-hybridized carbons (Fsp3) is 0.818. The first-order valence-corrected chi connectivity index (χ1v) is 7.52. The first-order valence-electron chi connectivity index (χ1n) is 5.70. The van der Waals surface area contributed by atoms with Gasteiger partial charge in [-0.15, -0.1) is 0 Å². The molecule has 1 rings (SSSR count). The van der Waals surface area contributed by atoms with Crippen LogP contribution in [0.4, 0.5) is 0 Å². The summed E-state index contributed by atoms with van der Waals surface area (Å²) < 4.78 is 22.4. The average molecular weight is 231 g/mol. The van der Waals surface area contributed by atoms with E-state index in [0.29, 0.717) is 12.5 Å². The van der Waals surface area contributed by atoms with Crippen LogP contribution in [0.3, 0.4) is 0 Å². The molecule has 0 saturated heterocycles. The van der Waals surface area contributed by atoms with Gasteiger partial charge in [-0.1, -0.05) is 19.1 Å². The summed E-state index contributed by atoms with van der Waals surface area (Å²) in [5.41, 5.74) is 0. The number of rotatable bonds is 6. The zero-order chi connectivity index (χ0) is 11.1. The molecule has 0 bridgehead atoms. The smallest absolute Gasteiger partial charge is 0.151 e.